The average molecular weight is 417 g/mol. The molecule has 1 unspecified atom stereocenters. The molecular formula is C23H24FN7. The Morgan fingerprint density at radius 3 is 2.74 bits per heavy atom. The Morgan fingerprint density at radius 2 is 1.84 bits per heavy atom. The van der Waals surface area contributed by atoms with Crippen LogP contribution < -0.4 is 9.80 Å². The first-order valence-electron chi connectivity index (χ1n) is 11.0. The monoisotopic (exact) mass is 417 g/mol. The quantitative estimate of drug-likeness (QED) is 0.534. The van der Waals surface area contributed by atoms with Gasteiger partial charge < -0.3 is 14.8 Å². The van der Waals surface area contributed by atoms with Gasteiger partial charge in [0, 0.05) is 36.7 Å². The predicted octanol–water partition coefficient (Wildman–Crippen LogP) is 4.37. The zero-order chi connectivity index (χ0) is 20.8. The highest BCUT2D eigenvalue weighted by atomic mass is 19.1. The molecule has 1 atom stereocenters. The maximum Gasteiger partial charge on any atom is 0.182 e. The molecule has 2 aliphatic rings. The van der Waals surface area contributed by atoms with Crippen LogP contribution in [0.4, 0.5) is 16.0 Å². The maximum absolute atomic E-state index is 13.9. The second-order valence-electron chi connectivity index (χ2n) is 8.44. The number of hydrogen-bond acceptors (Lipinski definition) is 6. The van der Waals surface area contributed by atoms with E-state index in [2.05, 4.69) is 35.8 Å². The van der Waals surface area contributed by atoms with E-state index in [0.29, 0.717) is 11.2 Å². The summed E-state index contributed by atoms with van der Waals surface area (Å²) in [7, 11) is 0. The smallest absolute Gasteiger partial charge is 0.182 e. The van der Waals surface area contributed by atoms with E-state index in [1.807, 2.05) is 6.07 Å². The largest absolute Gasteiger partial charge is 0.356 e. The van der Waals surface area contributed by atoms with Gasteiger partial charge in [0.1, 0.15) is 23.5 Å². The van der Waals surface area contributed by atoms with Crippen molar-refractivity contribution in [3.05, 3.63) is 48.3 Å². The Kier molecular flexibility index (Phi) is 4.44. The fourth-order valence-corrected chi connectivity index (χ4v) is 5.06. The van der Waals surface area contributed by atoms with E-state index in [9.17, 15) is 4.39 Å². The van der Waals surface area contributed by atoms with Crippen LogP contribution in [0, 0.1) is 5.82 Å². The molecule has 0 saturated carbocycles. The van der Waals surface area contributed by atoms with Crippen LogP contribution in [0.3, 0.4) is 0 Å². The molecule has 3 aromatic heterocycles. The number of pyridine rings is 1. The summed E-state index contributed by atoms with van der Waals surface area (Å²) >= 11 is 0. The molecule has 1 aromatic carbocycles. The number of imidazole rings is 1. The number of halogens is 1. The molecular weight excluding hydrogens is 393 g/mol. The van der Waals surface area contributed by atoms with Gasteiger partial charge in [0.2, 0.25) is 0 Å². The minimum atomic E-state index is -0.248. The van der Waals surface area contributed by atoms with E-state index in [4.69, 9.17) is 4.98 Å². The molecule has 7 nitrogen and oxygen atoms in total. The Hall–Kier alpha value is -3.29. The molecule has 0 radical (unpaired) electrons. The number of fused-ring (bicyclic) bond motifs is 2. The number of aromatic amines is 1. The van der Waals surface area contributed by atoms with E-state index in [1.165, 1.54) is 24.1 Å². The van der Waals surface area contributed by atoms with Crippen LogP contribution in [0.15, 0.2) is 36.9 Å². The summed E-state index contributed by atoms with van der Waals surface area (Å²) in [6, 6.07) is 7.25. The van der Waals surface area contributed by atoms with E-state index in [0.717, 1.165) is 67.9 Å². The van der Waals surface area contributed by atoms with E-state index >= 15 is 0 Å². The van der Waals surface area contributed by atoms with Crippen molar-refractivity contribution in [1.29, 1.82) is 0 Å². The summed E-state index contributed by atoms with van der Waals surface area (Å²) in [6.07, 6.45) is 8.93. The van der Waals surface area contributed by atoms with Crippen LogP contribution in [0.25, 0.3) is 22.1 Å². The zero-order valence-electron chi connectivity index (χ0n) is 17.3. The molecule has 0 amide bonds. The average Bonchev–Trinajstić information content (AvgIpc) is 3.48. The van der Waals surface area contributed by atoms with E-state index < -0.39 is 0 Å². The van der Waals surface area contributed by atoms with Crippen LogP contribution in [0.1, 0.15) is 43.7 Å². The molecule has 0 bridgehead atoms. The first kappa shape index (κ1) is 18.5. The number of benzene rings is 1. The minimum absolute atomic E-state index is 0.153. The van der Waals surface area contributed by atoms with Gasteiger partial charge in [-0.25, -0.2) is 24.3 Å². The molecule has 5 heterocycles. The van der Waals surface area contributed by atoms with Crippen LogP contribution >= 0.6 is 0 Å². The van der Waals surface area contributed by atoms with Crippen LogP contribution in [0.5, 0.6) is 0 Å². The number of hydrogen-bond donors (Lipinski definition) is 1. The van der Waals surface area contributed by atoms with Crippen molar-refractivity contribution in [2.24, 2.45) is 0 Å². The lowest BCUT2D eigenvalue weighted by molar-refractivity contribution is 0.568. The number of H-pyrrole nitrogens is 1. The molecule has 1 N–H and O–H groups in total. The fraction of sp³-hybridized carbons (Fsp3) is 0.391. The number of nitrogens with zero attached hydrogens (tertiary/aromatic N) is 6. The molecule has 158 valence electrons. The van der Waals surface area contributed by atoms with Gasteiger partial charge in [0.05, 0.1) is 17.9 Å². The van der Waals surface area contributed by atoms with Crippen LogP contribution in [-0.4, -0.2) is 44.6 Å². The second-order valence-corrected chi connectivity index (χ2v) is 8.44. The number of rotatable bonds is 3. The lowest BCUT2D eigenvalue weighted by Crippen LogP contribution is -2.33. The number of aromatic nitrogens is 5. The van der Waals surface area contributed by atoms with Gasteiger partial charge in [-0.2, -0.15) is 0 Å². The number of nitrogens with one attached hydrogen (secondary N) is 1. The highest BCUT2D eigenvalue weighted by molar-refractivity contribution is 5.85. The molecule has 31 heavy (non-hydrogen) atoms. The molecule has 2 saturated heterocycles. The SMILES string of the molecule is Fc1ccc2cc(C3CCCN3c3ncnc4nc[nH]c34)c(N3CCCCC3)nc2c1. The van der Waals surface area contributed by atoms with Crippen LogP contribution in [-0.2, 0) is 0 Å². The minimum Gasteiger partial charge on any atom is -0.356 e. The molecule has 4 aromatic rings. The first-order chi connectivity index (χ1) is 15.3. The van der Waals surface area contributed by atoms with Gasteiger partial charge >= 0.3 is 0 Å². The highest BCUT2D eigenvalue weighted by Gasteiger charge is 2.33. The van der Waals surface area contributed by atoms with Crippen molar-refractivity contribution in [2.45, 2.75) is 38.1 Å². The van der Waals surface area contributed by atoms with E-state index in [1.54, 1.807) is 12.7 Å². The Morgan fingerprint density at radius 1 is 0.935 bits per heavy atom. The highest BCUT2D eigenvalue weighted by Crippen LogP contribution is 2.41. The van der Waals surface area contributed by atoms with Crippen molar-refractivity contribution >= 4 is 33.7 Å². The molecule has 0 aliphatic carbocycles. The molecule has 6 rings (SSSR count). The topological polar surface area (TPSA) is 73.8 Å². The maximum atomic E-state index is 13.9. The standard InChI is InChI=1S/C23H24FN7/c24-16-7-6-15-11-17(22(29-18(15)12-16)30-8-2-1-3-9-30)19-5-4-10-31(19)23-20-21(26-13-25-20)27-14-28-23/h6-7,11-14,19H,1-5,8-10H2,(H,25,26,27,28). The number of anilines is 2. The van der Waals surface area contributed by atoms with Gasteiger partial charge in [0.25, 0.3) is 0 Å². The van der Waals surface area contributed by atoms with Crippen molar-refractivity contribution in [3.63, 3.8) is 0 Å². The lowest BCUT2D eigenvalue weighted by Gasteiger charge is -2.33. The summed E-state index contributed by atoms with van der Waals surface area (Å²) in [5, 5.41) is 0.971. The summed E-state index contributed by atoms with van der Waals surface area (Å²) in [6.45, 7) is 2.90. The van der Waals surface area contributed by atoms with Crippen molar-refractivity contribution in [3.8, 4) is 0 Å². The molecule has 2 aliphatic heterocycles. The van der Waals surface area contributed by atoms with E-state index in [-0.39, 0.29) is 11.9 Å². The first-order valence-corrected chi connectivity index (χ1v) is 11.0. The van der Waals surface area contributed by atoms with Crippen LogP contribution in [0.2, 0.25) is 0 Å². The number of piperidine rings is 1. The normalized spacial score (nSPS) is 19.6. The van der Waals surface area contributed by atoms with Gasteiger partial charge in [-0.05, 0) is 50.3 Å². The lowest BCUT2D eigenvalue weighted by atomic mass is 10.0. The molecule has 0 spiro atoms. The summed E-state index contributed by atoms with van der Waals surface area (Å²) in [5.41, 5.74) is 3.46. The summed E-state index contributed by atoms with van der Waals surface area (Å²) in [5.74, 6) is 1.63. The summed E-state index contributed by atoms with van der Waals surface area (Å²) < 4.78 is 13.9. The van der Waals surface area contributed by atoms with Gasteiger partial charge in [-0.3, -0.25) is 0 Å². The Labute approximate surface area is 179 Å². The summed E-state index contributed by atoms with van der Waals surface area (Å²) in [4.78, 5) is 26.1. The van der Waals surface area contributed by atoms with Crippen molar-refractivity contribution in [1.82, 2.24) is 24.9 Å². The van der Waals surface area contributed by atoms with Gasteiger partial charge in [0.15, 0.2) is 11.5 Å². The second kappa shape index (κ2) is 7.44. The third-order valence-corrected chi connectivity index (χ3v) is 6.53. The zero-order valence-corrected chi connectivity index (χ0v) is 17.3. The third-order valence-electron chi connectivity index (χ3n) is 6.53. The Balaban J connectivity index is 1.50. The Bertz CT molecular complexity index is 1250. The fourth-order valence-electron chi connectivity index (χ4n) is 5.06. The third kappa shape index (κ3) is 3.17. The molecule has 8 heteroatoms. The van der Waals surface area contributed by atoms with Gasteiger partial charge in [-0.1, -0.05) is 0 Å². The predicted molar refractivity (Wildman–Crippen MR) is 119 cm³/mol. The molecule has 2 fully saturated rings. The van der Waals surface area contributed by atoms with Crippen molar-refractivity contribution in [2.75, 3.05) is 29.4 Å². The van der Waals surface area contributed by atoms with Crippen molar-refractivity contribution < 1.29 is 4.39 Å². The van der Waals surface area contributed by atoms with Gasteiger partial charge in [-0.15, -0.1) is 0 Å².